The number of phenols is 1. The Kier molecular flexibility index (Phi) is 5.49. The monoisotopic (exact) mass is 428 g/mol. The molecule has 4 aromatic rings. The van der Waals surface area contributed by atoms with Crippen LogP contribution in [0, 0.1) is 0 Å². The molecule has 0 radical (unpaired) electrons. The van der Waals surface area contributed by atoms with Gasteiger partial charge in [-0.3, -0.25) is 9.79 Å². The van der Waals surface area contributed by atoms with Crippen LogP contribution >= 0.6 is 11.6 Å². The van der Waals surface area contributed by atoms with E-state index in [1.807, 2.05) is 42.5 Å². The lowest BCUT2D eigenvalue weighted by molar-refractivity contribution is -0.117. The van der Waals surface area contributed by atoms with Crippen LogP contribution in [0.5, 0.6) is 5.75 Å². The Morgan fingerprint density at radius 1 is 0.871 bits per heavy atom. The summed E-state index contributed by atoms with van der Waals surface area (Å²) < 4.78 is 0. The Balaban J connectivity index is 0.00000231. The van der Waals surface area contributed by atoms with E-state index < -0.39 is 6.04 Å². The first kappa shape index (κ1) is 20.6. The van der Waals surface area contributed by atoms with Crippen molar-refractivity contribution in [3.63, 3.8) is 0 Å². The number of phenolic OH excluding ortho intramolecular Hbond substituents is 1. The predicted molar refractivity (Wildman–Crippen MR) is 127 cm³/mol. The SMILES string of the molecule is C.O=C1Nc2ccc(Cl)cc2C(c2ccc(O)cc2)=NC1c1ccc2ccccc2c1. The van der Waals surface area contributed by atoms with E-state index in [1.54, 1.807) is 42.5 Å². The van der Waals surface area contributed by atoms with Gasteiger partial charge in [-0.15, -0.1) is 0 Å². The molecule has 1 unspecified atom stereocenters. The highest BCUT2D eigenvalue weighted by Gasteiger charge is 2.27. The van der Waals surface area contributed by atoms with Crippen LogP contribution < -0.4 is 5.32 Å². The molecule has 0 spiro atoms. The Hall–Kier alpha value is -3.63. The number of rotatable bonds is 2. The van der Waals surface area contributed by atoms with Crippen LogP contribution in [0.1, 0.15) is 30.2 Å². The number of fused-ring (bicyclic) bond motifs is 2. The van der Waals surface area contributed by atoms with Crippen molar-refractivity contribution >= 4 is 39.7 Å². The van der Waals surface area contributed by atoms with Gasteiger partial charge in [-0.2, -0.15) is 0 Å². The summed E-state index contributed by atoms with van der Waals surface area (Å²) in [5.41, 5.74) is 3.63. The van der Waals surface area contributed by atoms with E-state index in [2.05, 4.69) is 5.32 Å². The van der Waals surface area contributed by atoms with Crippen molar-refractivity contribution < 1.29 is 9.90 Å². The molecule has 4 aromatic carbocycles. The van der Waals surface area contributed by atoms with Crippen LogP contribution in [0.4, 0.5) is 5.69 Å². The van der Waals surface area contributed by atoms with Crippen LogP contribution in [-0.4, -0.2) is 16.7 Å². The fourth-order valence-corrected chi connectivity index (χ4v) is 3.90. The van der Waals surface area contributed by atoms with Crippen molar-refractivity contribution in [3.05, 3.63) is 107 Å². The Morgan fingerprint density at radius 2 is 1.61 bits per heavy atom. The van der Waals surface area contributed by atoms with Crippen LogP contribution in [0.2, 0.25) is 5.02 Å². The first-order valence-electron chi connectivity index (χ1n) is 9.55. The average molecular weight is 429 g/mol. The standard InChI is InChI=1S/C25H17ClN2O2.CH4/c26-19-9-12-22-21(14-19)23(16-7-10-20(29)11-8-16)28-24(25(30)27-22)18-6-5-15-3-1-2-4-17(15)13-18;/h1-14,24,29H,(H,27,30);1H4. The predicted octanol–water partition coefficient (Wildman–Crippen LogP) is 6.37. The Bertz CT molecular complexity index is 1310. The highest BCUT2D eigenvalue weighted by molar-refractivity contribution is 6.32. The summed E-state index contributed by atoms with van der Waals surface area (Å²) in [6.07, 6.45) is 0. The van der Waals surface area contributed by atoms with Crippen LogP contribution in [0.25, 0.3) is 10.8 Å². The molecular formula is C26H21ClN2O2. The lowest BCUT2D eigenvalue weighted by Gasteiger charge is -2.12. The zero-order chi connectivity index (χ0) is 20.7. The summed E-state index contributed by atoms with van der Waals surface area (Å²) in [5.74, 6) is -0.0396. The van der Waals surface area contributed by atoms with Gasteiger partial charge in [0.05, 0.1) is 11.4 Å². The molecule has 0 fully saturated rings. The molecule has 1 aliphatic rings. The van der Waals surface area contributed by atoms with E-state index in [-0.39, 0.29) is 19.1 Å². The highest BCUT2D eigenvalue weighted by Crippen LogP contribution is 2.33. The largest absolute Gasteiger partial charge is 0.508 e. The lowest BCUT2D eigenvalue weighted by atomic mass is 9.99. The smallest absolute Gasteiger partial charge is 0.253 e. The fourth-order valence-electron chi connectivity index (χ4n) is 3.73. The third kappa shape index (κ3) is 3.90. The molecule has 2 N–H and O–H groups in total. The highest BCUT2D eigenvalue weighted by atomic mass is 35.5. The number of aromatic hydroxyl groups is 1. The van der Waals surface area contributed by atoms with E-state index in [9.17, 15) is 9.90 Å². The molecule has 0 aromatic heterocycles. The van der Waals surface area contributed by atoms with Crippen molar-refractivity contribution in [1.29, 1.82) is 0 Å². The van der Waals surface area contributed by atoms with E-state index >= 15 is 0 Å². The molecule has 4 nitrogen and oxygen atoms in total. The number of hydrogen-bond donors (Lipinski definition) is 2. The minimum absolute atomic E-state index is 0. The minimum Gasteiger partial charge on any atom is -0.508 e. The number of nitrogens with one attached hydrogen (secondary N) is 1. The zero-order valence-corrected chi connectivity index (χ0v) is 16.6. The van der Waals surface area contributed by atoms with Crippen LogP contribution in [-0.2, 0) is 4.79 Å². The maximum Gasteiger partial charge on any atom is 0.253 e. The number of carbonyl (C=O) groups excluding carboxylic acids is 1. The average Bonchev–Trinajstić information content (AvgIpc) is 2.90. The number of benzodiazepines with no additional fused rings is 1. The molecule has 1 amide bonds. The van der Waals surface area contributed by atoms with Gasteiger partial charge in [-0.1, -0.05) is 55.4 Å². The van der Waals surface area contributed by atoms with Gasteiger partial charge < -0.3 is 10.4 Å². The molecule has 154 valence electrons. The number of halogens is 1. The van der Waals surface area contributed by atoms with Crippen molar-refractivity contribution in [1.82, 2.24) is 0 Å². The van der Waals surface area contributed by atoms with Gasteiger partial charge in [0.15, 0.2) is 6.04 Å². The second-order valence-corrected chi connectivity index (χ2v) is 7.65. The number of anilines is 1. The zero-order valence-electron chi connectivity index (χ0n) is 15.8. The second-order valence-electron chi connectivity index (χ2n) is 7.21. The topological polar surface area (TPSA) is 61.7 Å². The fraction of sp³-hybridized carbons (Fsp3) is 0.0769. The van der Waals surface area contributed by atoms with Crippen molar-refractivity contribution in [2.45, 2.75) is 13.5 Å². The maximum atomic E-state index is 13.1. The summed E-state index contributed by atoms with van der Waals surface area (Å²) in [5, 5.41) is 15.4. The summed E-state index contributed by atoms with van der Waals surface area (Å²) in [4.78, 5) is 18.0. The molecule has 1 atom stereocenters. The molecule has 31 heavy (non-hydrogen) atoms. The minimum atomic E-state index is -0.718. The molecule has 5 heteroatoms. The van der Waals surface area contributed by atoms with E-state index in [0.717, 1.165) is 27.5 Å². The summed E-state index contributed by atoms with van der Waals surface area (Å²) in [6, 6.07) is 25.3. The first-order chi connectivity index (χ1) is 14.6. The van der Waals surface area contributed by atoms with Crippen LogP contribution in [0.15, 0.2) is 89.9 Å². The second kappa shape index (κ2) is 8.25. The summed E-state index contributed by atoms with van der Waals surface area (Å²) in [6.45, 7) is 0. The number of amides is 1. The number of hydrogen-bond acceptors (Lipinski definition) is 3. The Labute approximate surface area is 185 Å². The molecule has 0 bridgehead atoms. The Morgan fingerprint density at radius 3 is 2.39 bits per heavy atom. The van der Waals surface area contributed by atoms with E-state index in [4.69, 9.17) is 16.6 Å². The maximum absolute atomic E-state index is 13.1. The normalized spacial score (nSPS) is 15.3. The van der Waals surface area contributed by atoms with Gasteiger partial charge in [0.25, 0.3) is 5.91 Å². The molecule has 0 aliphatic carbocycles. The lowest BCUT2D eigenvalue weighted by Crippen LogP contribution is -2.18. The molecule has 1 aliphatic heterocycles. The van der Waals surface area contributed by atoms with Crippen LogP contribution in [0.3, 0.4) is 0 Å². The van der Waals surface area contributed by atoms with Gasteiger partial charge in [0.2, 0.25) is 0 Å². The van der Waals surface area contributed by atoms with Gasteiger partial charge >= 0.3 is 0 Å². The van der Waals surface area contributed by atoms with E-state index in [0.29, 0.717) is 16.4 Å². The quantitative estimate of drug-likeness (QED) is 0.390. The summed E-state index contributed by atoms with van der Waals surface area (Å²) >= 11 is 6.26. The number of carbonyl (C=O) groups is 1. The molecule has 0 saturated heterocycles. The molecule has 5 rings (SSSR count). The van der Waals surface area contributed by atoms with Gasteiger partial charge in [-0.05, 0) is 64.9 Å². The number of benzene rings is 4. The van der Waals surface area contributed by atoms with Gasteiger partial charge in [-0.25, -0.2) is 0 Å². The number of nitrogens with zero attached hydrogens (tertiary/aromatic N) is 1. The van der Waals surface area contributed by atoms with Crippen molar-refractivity contribution in [3.8, 4) is 5.75 Å². The third-order valence-corrected chi connectivity index (χ3v) is 5.47. The van der Waals surface area contributed by atoms with Gasteiger partial charge in [0, 0.05) is 16.1 Å². The van der Waals surface area contributed by atoms with Crippen molar-refractivity contribution in [2.75, 3.05) is 5.32 Å². The summed E-state index contributed by atoms with van der Waals surface area (Å²) in [7, 11) is 0. The number of aliphatic imine (C=N–C) groups is 1. The van der Waals surface area contributed by atoms with Crippen molar-refractivity contribution in [2.24, 2.45) is 4.99 Å². The van der Waals surface area contributed by atoms with E-state index in [1.165, 1.54) is 0 Å². The molecule has 0 saturated carbocycles. The third-order valence-electron chi connectivity index (χ3n) is 5.23. The molecular weight excluding hydrogens is 408 g/mol. The first-order valence-corrected chi connectivity index (χ1v) is 9.93. The van der Waals surface area contributed by atoms with Gasteiger partial charge in [0.1, 0.15) is 5.75 Å². The molecule has 1 heterocycles.